The molecule has 1 saturated carbocycles. The monoisotopic (exact) mass is 379 g/mol. The topological polar surface area (TPSA) is 81.8 Å². The Labute approximate surface area is 163 Å². The summed E-state index contributed by atoms with van der Waals surface area (Å²) in [5.41, 5.74) is 1.07. The predicted molar refractivity (Wildman–Crippen MR) is 107 cm³/mol. The second-order valence-corrected chi connectivity index (χ2v) is 7.75. The molecule has 1 N–H and O–H groups in total. The minimum absolute atomic E-state index is 0.0319. The molecule has 0 spiro atoms. The molecular formula is C21H25N5O2. The molecule has 1 aliphatic rings. The molecule has 1 aromatic carbocycles. The lowest BCUT2D eigenvalue weighted by Crippen LogP contribution is -2.45. The van der Waals surface area contributed by atoms with Crippen molar-refractivity contribution in [2.45, 2.75) is 45.7 Å². The Kier molecular flexibility index (Phi) is 4.98. The number of nitrogens with one attached hydrogen (secondary N) is 1. The van der Waals surface area contributed by atoms with E-state index < -0.39 is 0 Å². The first-order valence-electron chi connectivity index (χ1n) is 9.82. The summed E-state index contributed by atoms with van der Waals surface area (Å²) >= 11 is 0. The molecule has 3 aromatic rings. The van der Waals surface area contributed by atoms with Gasteiger partial charge in [-0.25, -0.2) is 9.67 Å². The molecule has 4 rings (SSSR count). The smallest absolute Gasteiger partial charge is 0.264 e. The number of carbonyl (C=O) groups excluding carboxylic acids is 1. The van der Waals surface area contributed by atoms with Gasteiger partial charge in [0, 0.05) is 6.04 Å². The van der Waals surface area contributed by atoms with Gasteiger partial charge < -0.3 is 5.32 Å². The second-order valence-electron chi connectivity index (χ2n) is 7.75. The fourth-order valence-electron chi connectivity index (χ4n) is 4.01. The number of rotatable bonds is 4. The Hall–Kier alpha value is -2.96. The zero-order chi connectivity index (χ0) is 19.7. The maximum Gasteiger partial charge on any atom is 0.264 e. The van der Waals surface area contributed by atoms with Crippen LogP contribution in [0.15, 0.2) is 47.7 Å². The predicted octanol–water partition coefficient (Wildman–Crippen LogP) is 2.52. The van der Waals surface area contributed by atoms with E-state index in [2.05, 4.69) is 29.2 Å². The molecule has 0 bridgehead atoms. The summed E-state index contributed by atoms with van der Waals surface area (Å²) in [7, 11) is 0. The number of nitrogens with zero attached hydrogens (tertiary/aromatic N) is 4. The fourth-order valence-corrected chi connectivity index (χ4v) is 4.01. The van der Waals surface area contributed by atoms with E-state index >= 15 is 0 Å². The van der Waals surface area contributed by atoms with Gasteiger partial charge in [0.15, 0.2) is 5.65 Å². The third kappa shape index (κ3) is 3.44. The van der Waals surface area contributed by atoms with E-state index in [0.29, 0.717) is 22.9 Å². The standard InChI is InChI=1S/C21H25N5O2/c1-14-7-6-10-18(15(14)2)24-19(27)12-25-13-22-20-17(21(25)28)11-23-26(20)16-8-4-3-5-9-16/h3-5,8-9,11,13-15,18H,6-7,10,12H2,1-2H3,(H,24,27)/t14-,15+,18+/m0/s1. The number of para-hydroxylation sites is 1. The van der Waals surface area contributed by atoms with E-state index in [-0.39, 0.29) is 24.1 Å². The highest BCUT2D eigenvalue weighted by atomic mass is 16.2. The molecule has 1 amide bonds. The highest BCUT2D eigenvalue weighted by Gasteiger charge is 2.28. The Morgan fingerprint density at radius 1 is 1.21 bits per heavy atom. The van der Waals surface area contributed by atoms with Crippen molar-refractivity contribution < 1.29 is 4.79 Å². The van der Waals surface area contributed by atoms with E-state index in [4.69, 9.17) is 0 Å². The van der Waals surface area contributed by atoms with Crippen molar-refractivity contribution in [2.24, 2.45) is 11.8 Å². The third-order valence-electron chi connectivity index (χ3n) is 5.92. The molecule has 0 saturated heterocycles. The number of aromatic nitrogens is 4. The highest BCUT2D eigenvalue weighted by molar-refractivity contribution is 5.78. The van der Waals surface area contributed by atoms with Gasteiger partial charge in [0.25, 0.3) is 5.56 Å². The van der Waals surface area contributed by atoms with Crippen LogP contribution in [-0.2, 0) is 11.3 Å². The quantitative estimate of drug-likeness (QED) is 0.755. The van der Waals surface area contributed by atoms with Crippen LogP contribution in [0, 0.1) is 11.8 Å². The molecule has 146 valence electrons. The van der Waals surface area contributed by atoms with Crippen molar-refractivity contribution in [1.29, 1.82) is 0 Å². The Bertz CT molecular complexity index is 1040. The zero-order valence-corrected chi connectivity index (χ0v) is 16.2. The summed E-state index contributed by atoms with van der Waals surface area (Å²) in [6, 6.07) is 9.70. The molecule has 1 aliphatic carbocycles. The van der Waals surface area contributed by atoms with E-state index in [0.717, 1.165) is 18.5 Å². The summed E-state index contributed by atoms with van der Waals surface area (Å²) in [6.07, 6.45) is 6.27. The zero-order valence-electron chi connectivity index (χ0n) is 16.2. The molecule has 2 aromatic heterocycles. The first-order chi connectivity index (χ1) is 13.5. The summed E-state index contributed by atoms with van der Waals surface area (Å²) < 4.78 is 2.98. The maximum absolute atomic E-state index is 12.8. The molecule has 0 radical (unpaired) electrons. The van der Waals surface area contributed by atoms with Gasteiger partial charge in [-0.2, -0.15) is 5.10 Å². The minimum Gasteiger partial charge on any atom is -0.352 e. The molecule has 1 fully saturated rings. The van der Waals surface area contributed by atoms with Crippen LogP contribution >= 0.6 is 0 Å². The summed E-state index contributed by atoms with van der Waals surface area (Å²) in [6.45, 7) is 4.39. The van der Waals surface area contributed by atoms with Gasteiger partial charge in [0.05, 0.1) is 11.9 Å². The van der Waals surface area contributed by atoms with Crippen molar-refractivity contribution in [2.75, 3.05) is 0 Å². The van der Waals surface area contributed by atoms with Crippen LogP contribution in [-0.4, -0.2) is 31.3 Å². The van der Waals surface area contributed by atoms with Gasteiger partial charge in [-0.1, -0.05) is 44.9 Å². The number of fused-ring (bicyclic) bond motifs is 1. The lowest BCUT2D eigenvalue weighted by atomic mass is 9.78. The lowest BCUT2D eigenvalue weighted by molar-refractivity contribution is -0.123. The van der Waals surface area contributed by atoms with Gasteiger partial charge in [-0.15, -0.1) is 0 Å². The average Bonchev–Trinajstić information content (AvgIpc) is 3.13. The van der Waals surface area contributed by atoms with Gasteiger partial charge in [-0.3, -0.25) is 14.2 Å². The van der Waals surface area contributed by atoms with Crippen LogP contribution in [0.4, 0.5) is 0 Å². The molecule has 7 nitrogen and oxygen atoms in total. The van der Waals surface area contributed by atoms with Crippen LogP contribution in [0.5, 0.6) is 0 Å². The lowest BCUT2D eigenvalue weighted by Gasteiger charge is -2.34. The molecule has 28 heavy (non-hydrogen) atoms. The largest absolute Gasteiger partial charge is 0.352 e. The van der Waals surface area contributed by atoms with Crippen molar-refractivity contribution >= 4 is 16.9 Å². The maximum atomic E-state index is 12.8. The fraction of sp³-hybridized carbons (Fsp3) is 0.429. The van der Waals surface area contributed by atoms with Crippen LogP contribution < -0.4 is 10.9 Å². The third-order valence-corrected chi connectivity index (χ3v) is 5.92. The summed E-state index contributed by atoms with van der Waals surface area (Å²) in [5, 5.41) is 7.81. The van der Waals surface area contributed by atoms with Crippen LogP contribution in [0.1, 0.15) is 33.1 Å². The minimum atomic E-state index is -0.257. The first-order valence-corrected chi connectivity index (χ1v) is 9.82. The van der Waals surface area contributed by atoms with Gasteiger partial charge >= 0.3 is 0 Å². The molecule has 2 heterocycles. The molecule has 0 aliphatic heterocycles. The number of hydrogen-bond donors (Lipinski definition) is 1. The number of hydrogen-bond acceptors (Lipinski definition) is 4. The Balaban J connectivity index is 1.54. The van der Waals surface area contributed by atoms with Crippen molar-refractivity contribution in [3.05, 3.63) is 53.2 Å². The van der Waals surface area contributed by atoms with E-state index in [1.807, 2.05) is 30.3 Å². The van der Waals surface area contributed by atoms with E-state index in [1.165, 1.54) is 23.5 Å². The number of carbonyl (C=O) groups is 1. The van der Waals surface area contributed by atoms with E-state index in [1.54, 1.807) is 4.68 Å². The summed E-state index contributed by atoms with van der Waals surface area (Å²) in [5.74, 6) is 0.896. The normalized spacial score (nSPS) is 22.3. The SMILES string of the molecule is C[C@@H]1[C@@H](C)CCC[C@H]1NC(=O)Cn1cnc2c(cnn2-c2ccccc2)c1=O. The molecule has 3 atom stereocenters. The molecule has 7 heteroatoms. The van der Waals surface area contributed by atoms with Crippen molar-refractivity contribution in [3.63, 3.8) is 0 Å². The van der Waals surface area contributed by atoms with Crippen LogP contribution in [0.25, 0.3) is 16.7 Å². The second kappa shape index (κ2) is 7.58. The first kappa shape index (κ1) is 18.4. The highest BCUT2D eigenvalue weighted by Crippen LogP contribution is 2.29. The van der Waals surface area contributed by atoms with Crippen molar-refractivity contribution in [3.8, 4) is 5.69 Å². The Morgan fingerprint density at radius 2 is 2.00 bits per heavy atom. The van der Waals surface area contributed by atoms with Gasteiger partial charge in [-0.05, 0) is 30.4 Å². The van der Waals surface area contributed by atoms with Crippen molar-refractivity contribution in [1.82, 2.24) is 24.6 Å². The summed E-state index contributed by atoms with van der Waals surface area (Å²) in [4.78, 5) is 29.7. The molecule has 0 unspecified atom stereocenters. The number of benzene rings is 1. The van der Waals surface area contributed by atoms with Crippen LogP contribution in [0.3, 0.4) is 0 Å². The Morgan fingerprint density at radius 3 is 2.79 bits per heavy atom. The number of amides is 1. The van der Waals surface area contributed by atoms with Gasteiger partial charge in [0.1, 0.15) is 18.3 Å². The molecular weight excluding hydrogens is 354 g/mol. The van der Waals surface area contributed by atoms with Crippen LogP contribution in [0.2, 0.25) is 0 Å². The average molecular weight is 379 g/mol. The van der Waals surface area contributed by atoms with Gasteiger partial charge in [0.2, 0.25) is 5.91 Å². The van der Waals surface area contributed by atoms with E-state index in [9.17, 15) is 9.59 Å².